The smallest absolute Gasteiger partial charge is 0.331 e. The van der Waals surface area contributed by atoms with Gasteiger partial charge in [0.2, 0.25) is 0 Å². The number of thiazole rings is 1. The number of nitrogens with one attached hydrogen (secondary N) is 1. The average molecular weight is 410 g/mol. The van der Waals surface area contributed by atoms with Crippen LogP contribution in [0.2, 0.25) is 0 Å². The van der Waals surface area contributed by atoms with E-state index in [4.69, 9.17) is 0 Å². The lowest BCUT2D eigenvalue weighted by Crippen LogP contribution is -2.04. The van der Waals surface area contributed by atoms with Crippen molar-refractivity contribution in [1.82, 2.24) is 4.98 Å². The first kappa shape index (κ1) is 19.7. The Balaban J connectivity index is 1.96. The second kappa shape index (κ2) is 7.51. The van der Waals surface area contributed by atoms with Crippen LogP contribution in [0, 0.1) is 11.6 Å². The molecule has 0 atom stereocenters. The van der Waals surface area contributed by atoms with Crippen molar-refractivity contribution in [3.8, 4) is 10.4 Å². The summed E-state index contributed by atoms with van der Waals surface area (Å²) in [7, 11) is 0. The largest absolute Gasteiger partial charge is 0.416 e. The van der Waals surface area contributed by atoms with Crippen molar-refractivity contribution in [2.24, 2.45) is 0 Å². The zero-order valence-corrected chi connectivity index (χ0v) is 14.8. The third-order valence-electron chi connectivity index (χ3n) is 3.74. The molecule has 3 aromatic rings. The highest BCUT2D eigenvalue weighted by molar-refractivity contribution is 7.19. The molecular formula is C19H11F5N2OS. The zero-order valence-electron chi connectivity index (χ0n) is 14.0. The molecule has 0 amide bonds. The van der Waals surface area contributed by atoms with E-state index in [-0.39, 0.29) is 27.0 Å². The number of anilines is 1. The highest BCUT2D eigenvalue weighted by Crippen LogP contribution is 2.37. The van der Waals surface area contributed by atoms with Crippen LogP contribution in [-0.2, 0) is 6.18 Å². The van der Waals surface area contributed by atoms with Crippen LogP contribution in [0.3, 0.4) is 0 Å². The second-order valence-corrected chi connectivity index (χ2v) is 6.63. The van der Waals surface area contributed by atoms with Crippen LogP contribution in [0.5, 0.6) is 0 Å². The fraction of sp³-hybridized carbons (Fsp3) is 0.0526. The molecule has 28 heavy (non-hydrogen) atoms. The van der Waals surface area contributed by atoms with Crippen molar-refractivity contribution in [3.63, 3.8) is 0 Å². The molecule has 1 heterocycles. The highest BCUT2D eigenvalue weighted by Gasteiger charge is 2.31. The van der Waals surface area contributed by atoms with Crippen LogP contribution < -0.4 is 5.32 Å². The van der Waals surface area contributed by atoms with E-state index in [1.165, 1.54) is 18.2 Å². The number of hydrogen-bond acceptors (Lipinski definition) is 4. The third kappa shape index (κ3) is 3.94. The maximum absolute atomic E-state index is 13.9. The molecule has 3 rings (SSSR count). The van der Waals surface area contributed by atoms with Gasteiger partial charge in [0.1, 0.15) is 17.3 Å². The zero-order chi connectivity index (χ0) is 20.5. The quantitative estimate of drug-likeness (QED) is 0.414. The molecule has 0 spiro atoms. The summed E-state index contributed by atoms with van der Waals surface area (Å²) < 4.78 is 66.5. The molecular weight excluding hydrogens is 399 g/mol. The summed E-state index contributed by atoms with van der Waals surface area (Å²) in [6.07, 6.45) is -4.15. The molecule has 1 aromatic heterocycles. The first-order chi connectivity index (χ1) is 13.2. The number of aromatic nitrogens is 1. The van der Waals surface area contributed by atoms with E-state index in [0.29, 0.717) is 6.29 Å². The van der Waals surface area contributed by atoms with Crippen molar-refractivity contribution in [1.29, 1.82) is 0 Å². The topological polar surface area (TPSA) is 42.0 Å². The molecule has 0 radical (unpaired) electrons. The van der Waals surface area contributed by atoms with E-state index in [1.807, 2.05) is 0 Å². The summed E-state index contributed by atoms with van der Waals surface area (Å²) in [5.74, 6) is -1.69. The maximum Gasteiger partial charge on any atom is 0.416 e. The monoisotopic (exact) mass is 410 g/mol. The summed E-state index contributed by atoms with van der Waals surface area (Å²) in [6.45, 7) is 3.56. The number of carbonyl (C=O) groups excluding carboxylic acids is 1. The van der Waals surface area contributed by atoms with Gasteiger partial charge in [-0.1, -0.05) is 36.1 Å². The Bertz CT molecular complexity index is 1040. The van der Waals surface area contributed by atoms with Crippen LogP contribution in [-0.4, -0.2) is 11.3 Å². The van der Waals surface area contributed by atoms with Crippen molar-refractivity contribution < 1.29 is 26.7 Å². The molecule has 9 heteroatoms. The Hall–Kier alpha value is -3.07. The van der Waals surface area contributed by atoms with E-state index in [2.05, 4.69) is 16.9 Å². The first-order valence-corrected chi connectivity index (χ1v) is 8.56. The van der Waals surface area contributed by atoms with Crippen LogP contribution in [0.1, 0.15) is 21.6 Å². The van der Waals surface area contributed by atoms with Gasteiger partial charge in [0.15, 0.2) is 11.4 Å². The van der Waals surface area contributed by atoms with Gasteiger partial charge in [-0.25, -0.2) is 13.8 Å². The van der Waals surface area contributed by atoms with Gasteiger partial charge in [-0.2, -0.15) is 13.2 Å². The third-order valence-corrected chi connectivity index (χ3v) is 4.78. The van der Waals surface area contributed by atoms with Crippen LogP contribution in [0.15, 0.2) is 49.0 Å². The van der Waals surface area contributed by atoms with E-state index in [1.54, 1.807) is 0 Å². The normalized spacial score (nSPS) is 11.3. The summed E-state index contributed by atoms with van der Waals surface area (Å²) in [4.78, 5) is 15.5. The van der Waals surface area contributed by atoms with E-state index in [0.717, 1.165) is 35.6 Å². The lowest BCUT2D eigenvalue weighted by atomic mass is 10.1. The predicted octanol–water partition coefficient (Wildman–Crippen LogP) is 6.00. The Kier molecular flexibility index (Phi) is 5.28. The Morgan fingerprint density at radius 2 is 1.75 bits per heavy atom. The van der Waals surface area contributed by atoms with E-state index >= 15 is 0 Å². The Morgan fingerprint density at radius 3 is 2.36 bits per heavy atom. The van der Waals surface area contributed by atoms with E-state index < -0.39 is 28.9 Å². The van der Waals surface area contributed by atoms with Crippen molar-refractivity contribution in [3.05, 3.63) is 77.5 Å². The molecule has 3 nitrogen and oxygen atoms in total. The molecule has 0 bridgehead atoms. The molecule has 144 valence electrons. The lowest BCUT2D eigenvalue weighted by molar-refractivity contribution is -0.137. The van der Waals surface area contributed by atoms with Crippen LogP contribution in [0.25, 0.3) is 16.1 Å². The van der Waals surface area contributed by atoms with Gasteiger partial charge >= 0.3 is 6.18 Å². The van der Waals surface area contributed by atoms with Gasteiger partial charge in [-0.3, -0.25) is 4.79 Å². The maximum atomic E-state index is 13.9. The van der Waals surface area contributed by atoms with Gasteiger partial charge in [0.25, 0.3) is 0 Å². The molecule has 0 saturated carbocycles. The lowest BCUT2D eigenvalue weighted by Gasteiger charge is -2.09. The number of hydrogen-bond donors (Lipinski definition) is 1. The molecule has 0 aliphatic carbocycles. The summed E-state index contributed by atoms with van der Waals surface area (Å²) in [6, 6.07) is 7.73. The standard InChI is InChI=1S/C19H11F5N2OS/c1-10(16-13(20)6-3-7-14(16)21)25-18-26-15(9-27)17(28-18)11-4-2-5-12(8-11)19(22,23)24/h2-9H,1H2,(H,25,26). The average Bonchev–Trinajstić information content (AvgIpc) is 3.04. The van der Waals surface area contributed by atoms with Crippen molar-refractivity contribution in [2.45, 2.75) is 6.18 Å². The summed E-state index contributed by atoms with van der Waals surface area (Å²) >= 11 is 0.865. The van der Waals surface area contributed by atoms with Gasteiger partial charge in [0, 0.05) is 5.70 Å². The highest BCUT2D eigenvalue weighted by atomic mass is 32.1. The van der Waals surface area contributed by atoms with Crippen molar-refractivity contribution >= 4 is 28.5 Å². The number of alkyl halides is 3. The number of benzene rings is 2. The minimum atomic E-state index is -4.54. The van der Waals surface area contributed by atoms with Gasteiger partial charge in [0.05, 0.1) is 16.0 Å². The number of halogens is 5. The number of carbonyl (C=O) groups is 1. The van der Waals surface area contributed by atoms with Crippen LogP contribution in [0.4, 0.5) is 27.1 Å². The Morgan fingerprint density at radius 1 is 1.11 bits per heavy atom. The summed E-state index contributed by atoms with van der Waals surface area (Å²) in [5.41, 5.74) is -1.37. The number of rotatable bonds is 5. The summed E-state index contributed by atoms with van der Waals surface area (Å²) in [5, 5.41) is 2.66. The molecule has 0 saturated heterocycles. The molecule has 1 N–H and O–H groups in total. The fourth-order valence-corrected chi connectivity index (χ4v) is 3.44. The molecule has 0 aliphatic rings. The molecule has 0 unspecified atom stereocenters. The van der Waals surface area contributed by atoms with Gasteiger partial charge in [-0.05, 0) is 29.8 Å². The van der Waals surface area contributed by atoms with Crippen LogP contribution >= 0.6 is 11.3 Å². The minimum Gasteiger partial charge on any atom is -0.331 e. The Labute approximate surface area is 160 Å². The van der Waals surface area contributed by atoms with Gasteiger partial charge in [-0.15, -0.1) is 0 Å². The number of nitrogens with zero attached hydrogens (tertiary/aromatic N) is 1. The van der Waals surface area contributed by atoms with E-state index in [9.17, 15) is 26.7 Å². The second-order valence-electron chi connectivity index (χ2n) is 5.63. The fourth-order valence-electron chi connectivity index (χ4n) is 2.49. The minimum absolute atomic E-state index is 0.0576. The van der Waals surface area contributed by atoms with Crippen molar-refractivity contribution in [2.75, 3.05) is 5.32 Å². The molecule has 0 aliphatic heterocycles. The van der Waals surface area contributed by atoms with Gasteiger partial charge < -0.3 is 5.32 Å². The SMILES string of the molecule is C=C(Nc1nc(C=O)c(-c2cccc(C(F)(F)F)c2)s1)c1c(F)cccc1F. The molecule has 2 aromatic carbocycles. The molecule has 0 fully saturated rings. The predicted molar refractivity (Wildman–Crippen MR) is 97.0 cm³/mol. The number of aldehydes is 1. The first-order valence-electron chi connectivity index (χ1n) is 7.74.